The molecule has 118 valence electrons. The van der Waals surface area contributed by atoms with Crippen LogP contribution >= 0.6 is 11.6 Å². The standard InChI is InChI=1S/C19H24ClNO/c1-4-14(2)16-8-5-6-11-19(16)22-13-12-21-18-10-7-9-17(20)15(18)3/h5-11,14,21H,4,12-13H2,1-3H3. The summed E-state index contributed by atoms with van der Waals surface area (Å²) in [4.78, 5) is 0. The van der Waals surface area contributed by atoms with Crippen LogP contribution in [0.5, 0.6) is 5.75 Å². The van der Waals surface area contributed by atoms with E-state index in [9.17, 15) is 0 Å². The zero-order valence-corrected chi connectivity index (χ0v) is 14.3. The van der Waals surface area contributed by atoms with Gasteiger partial charge in [-0.15, -0.1) is 0 Å². The number of rotatable bonds is 7. The maximum atomic E-state index is 6.12. The fourth-order valence-electron chi connectivity index (χ4n) is 2.38. The molecule has 0 saturated carbocycles. The molecule has 0 radical (unpaired) electrons. The third-order valence-corrected chi connectivity index (χ3v) is 4.41. The van der Waals surface area contributed by atoms with Gasteiger partial charge in [0.1, 0.15) is 12.4 Å². The molecule has 0 fully saturated rings. The monoisotopic (exact) mass is 317 g/mol. The van der Waals surface area contributed by atoms with Crippen molar-refractivity contribution < 1.29 is 4.74 Å². The molecule has 0 aliphatic heterocycles. The molecule has 0 spiro atoms. The van der Waals surface area contributed by atoms with Gasteiger partial charge in [-0.1, -0.05) is 49.7 Å². The Morgan fingerprint density at radius 1 is 1.14 bits per heavy atom. The molecule has 3 heteroatoms. The smallest absolute Gasteiger partial charge is 0.122 e. The Labute approximate surface area is 138 Å². The highest BCUT2D eigenvalue weighted by Crippen LogP contribution is 2.28. The summed E-state index contributed by atoms with van der Waals surface area (Å²) in [5.74, 6) is 1.50. The van der Waals surface area contributed by atoms with Crippen LogP contribution in [0.25, 0.3) is 0 Å². The van der Waals surface area contributed by atoms with E-state index < -0.39 is 0 Å². The molecule has 0 aliphatic rings. The molecular formula is C19H24ClNO. The summed E-state index contributed by atoms with van der Waals surface area (Å²) in [7, 11) is 0. The minimum atomic E-state index is 0.513. The molecule has 2 rings (SSSR count). The predicted octanol–water partition coefficient (Wildman–Crippen LogP) is 5.65. The lowest BCUT2D eigenvalue weighted by molar-refractivity contribution is 0.327. The summed E-state index contributed by atoms with van der Waals surface area (Å²) in [5, 5.41) is 4.16. The van der Waals surface area contributed by atoms with E-state index in [0.29, 0.717) is 12.5 Å². The second-order valence-electron chi connectivity index (χ2n) is 5.53. The SMILES string of the molecule is CCC(C)c1ccccc1OCCNc1cccc(Cl)c1C. The predicted molar refractivity (Wildman–Crippen MR) is 95.3 cm³/mol. The molecule has 0 heterocycles. The summed E-state index contributed by atoms with van der Waals surface area (Å²) in [5.41, 5.74) is 3.42. The number of hydrogen-bond acceptors (Lipinski definition) is 2. The van der Waals surface area contributed by atoms with Gasteiger partial charge in [0.25, 0.3) is 0 Å². The average Bonchev–Trinajstić information content (AvgIpc) is 2.55. The Kier molecular flexibility index (Phi) is 6.14. The normalized spacial score (nSPS) is 12.0. The summed E-state index contributed by atoms with van der Waals surface area (Å²) in [6.45, 7) is 7.82. The Hall–Kier alpha value is -1.67. The van der Waals surface area contributed by atoms with Gasteiger partial charge in [0.05, 0.1) is 0 Å². The van der Waals surface area contributed by atoms with E-state index >= 15 is 0 Å². The van der Waals surface area contributed by atoms with Crippen LogP contribution in [-0.2, 0) is 0 Å². The highest BCUT2D eigenvalue weighted by Gasteiger charge is 2.09. The van der Waals surface area contributed by atoms with Crippen LogP contribution in [0.1, 0.15) is 37.3 Å². The van der Waals surface area contributed by atoms with Crippen molar-refractivity contribution in [2.45, 2.75) is 33.1 Å². The quantitative estimate of drug-likeness (QED) is 0.666. The molecule has 0 amide bonds. The zero-order valence-electron chi connectivity index (χ0n) is 13.5. The molecule has 2 aromatic carbocycles. The van der Waals surface area contributed by atoms with Gasteiger partial charge in [-0.2, -0.15) is 0 Å². The maximum absolute atomic E-state index is 6.12. The topological polar surface area (TPSA) is 21.3 Å². The molecule has 1 N–H and O–H groups in total. The minimum Gasteiger partial charge on any atom is -0.491 e. The van der Waals surface area contributed by atoms with Gasteiger partial charge in [0, 0.05) is 17.3 Å². The van der Waals surface area contributed by atoms with E-state index in [0.717, 1.165) is 35.0 Å². The van der Waals surface area contributed by atoms with Crippen LogP contribution < -0.4 is 10.1 Å². The van der Waals surface area contributed by atoms with Crippen LogP contribution in [0, 0.1) is 6.92 Å². The van der Waals surface area contributed by atoms with Crippen LogP contribution in [-0.4, -0.2) is 13.2 Å². The first-order chi connectivity index (χ1) is 10.6. The van der Waals surface area contributed by atoms with Crippen molar-refractivity contribution in [3.8, 4) is 5.75 Å². The number of nitrogens with one attached hydrogen (secondary N) is 1. The molecular weight excluding hydrogens is 294 g/mol. The van der Waals surface area contributed by atoms with E-state index in [1.807, 2.05) is 37.3 Å². The van der Waals surface area contributed by atoms with Crippen LogP contribution in [0.4, 0.5) is 5.69 Å². The highest BCUT2D eigenvalue weighted by atomic mass is 35.5. The second-order valence-corrected chi connectivity index (χ2v) is 5.94. The van der Waals surface area contributed by atoms with Crippen molar-refractivity contribution in [3.05, 3.63) is 58.6 Å². The van der Waals surface area contributed by atoms with Crippen molar-refractivity contribution in [2.75, 3.05) is 18.5 Å². The Morgan fingerprint density at radius 3 is 2.68 bits per heavy atom. The largest absolute Gasteiger partial charge is 0.491 e. The van der Waals surface area contributed by atoms with Crippen LogP contribution in [0.2, 0.25) is 5.02 Å². The number of halogens is 1. The molecule has 22 heavy (non-hydrogen) atoms. The average molecular weight is 318 g/mol. The van der Waals surface area contributed by atoms with Gasteiger partial charge in [-0.3, -0.25) is 0 Å². The van der Waals surface area contributed by atoms with Gasteiger partial charge in [0.2, 0.25) is 0 Å². The number of anilines is 1. The van der Waals surface area contributed by atoms with Crippen LogP contribution in [0.15, 0.2) is 42.5 Å². The summed E-state index contributed by atoms with van der Waals surface area (Å²) < 4.78 is 5.96. The Morgan fingerprint density at radius 2 is 1.91 bits per heavy atom. The molecule has 0 bridgehead atoms. The van der Waals surface area contributed by atoms with E-state index in [-0.39, 0.29) is 0 Å². The Balaban J connectivity index is 1.91. The maximum Gasteiger partial charge on any atom is 0.122 e. The van der Waals surface area contributed by atoms with Crippen LogP contribution in [0.3, 0.4) is 0 Å². The van der Waals surface area contributed by atoms with Crippen molar-refractivity contribution in [1.82, 2.24) is 0 Å². The van der Waals surface area contributed by atoms with Crippen molar-refractivity contribution in [2.24, 2.45) is 0 Å². The van der Waals surface area contributed by atoms with Gasteiger partial charge in [0.15, 0.2) is 0 Å². The van der Waals surface area contributed by atoms with Gasteiger partial charge in [-0.25, -0.2) is 0 Å². The lowest BCUT2D eigenvalue weighted by Crippen LogP contribution is -2.13. The lowest BCUT2D eigenvalue weighted by Gasteiger charge is -2.16. The summed E-state index contributed by atoms with van der Waals surface area (Å²) in [6.07, 6.45) is 1.11. The number of ether oxygens (including phenoxy) is 1. The fourth-order valence-corrected chi connectivity index (χ4v) is 2.56. The highest BCUT2D eigenvalue weighted by molar-refractivity contribution is 6.31. The molecule has 1 unspecified atom stereocenters. The first kappa shape index (κ1) is 16.7. The summed E-state index contributed by atoms with van der Waals surface area (Å²) >= 11 is 6.12. The van der Waals surface area contributed by atoms with E-state index in [1.54, 1.807) is 0 Å². The van der Waals surface area contributed by atoms with Crippen molar-refractivity contribution in [1.29, 1.82) is 0 Å². The molecule has 0 saturated heterocycles. The number of hydrogen-bond donors (Lipinski definition) is 1. The first-order valence-electron chi connectivity index (χ1n) is 7.84. The van der Waals surface area contributed by atoms with Gasteiger partial charge < -0.3 is 10.1 Å². The van der Waals surface area contributed by atoms with Crippen molar-refractivity contribution >= 4 is 17.3 Å². The molecule has 0 aromatic heterocycles. The minimum absolute atomic E-state index is 0.513. The molecule has 2 aromatic rings. The molecule has 2 nitrogen and oxygen atoms in total. The Bertz CT molecular complexity index is 612. The second kappa shape index (κ2) is 8.09. The summed E-state index contributed by atoms with van der Waals surface area (Å²) in [6, 6.07) is 14.2. The van der Waals surface area contributed by atoms with E-state index in [4.69, 9.17) is 16.3 Å². The van der Waals surface area contributed by atoms with Gasteiger partial charge >= 0.3 is 0 Å². The van der Waals surface area contributed by atoms with Gasteiger partial charge in [-0.05, 0) is 48.6 Å². The lowest BCUT2D eigenvalue weighted by atomic mass is 9.98. The van der Waals surface area contributed by atoms with E-state index in [2.05, 4.69) is 31.3 Å². The number of benzene rings is 2. The van der Waals surface area contributed by atoms with E-state index in [1.165, 1.54) is 5.56 Å². The van der Waals surface area contributed by atoms with Crippen molar-refractivity contribution in [3.63, 3.8) is 0 Å². The fraction of sp³-hybridized carbons (Fsp3) is 0.368. The molecule has 0 aliphatic carbocycles. The zero-order chi connectivity index (χ0) is 15.9. The third kappa shape index (κ3) is 4.17. The third-order valence-electron chi connectivity index (χ3n) is 4.01. The first-order valence-corrected chi connectivity index (χ1v) is 8.22. The number of para-hydroxylation sites is 1. The molecule has 1 atom stereocenters.